The van der Waals surface area contributed by atoms with Crippen molar-refractivity contribution in [3.05, 3.63) is 101 Å². The Balaban J connectivity index is 1.23. The first kappa shape index (κ1) is 22.5. The Bertz CT molecular complexity index is 1190. The first-order chi connectivity index (χ1) is 16.2. The number of aromatic nitrogens is 2. The predicted octanol–water partition coefficient (Wildman–Crippen LogP) is 4.87. The van der Waals surface area contributed by atoms with Gasteiger partial charge in [-0.05, 0) is 66.6 Å². The number of hydrogen-bond donors (Lipinski definition) is 2. The van der Waals surface area contributed by atoms with Crippen molar-refractivity contribution in [2.75, 3.05) is 11.9 Å². The van der Waals surface area contributed by atoms with Crippen molar-refractivity contribution >= 4 is 28.8 Å². The fourth-order valence-corrected chi connectivity index (χ4v) is 4.22. The van der Waals surface area contributed by atoms with E-state index in [-0.39, 0.29) is 11.8 Å². The number of nitrogens with one attached hydrogen (secondary N) is 2. The summed E-state index contributed by atoms with van der Waals surface area (Å²) in [6.45, 7) is 0.499. The van der Waals surface area contributed by atoms with Gasteiger partial charge in [-0.2, -0.15) is 5.10 Å². The second-order valence-electron chi connectivity index (χ2n) is 7.70. The molecule has 7 heteroatoms. The Morgan fingerprint density at radius 2 is 1.85 bits per heavy atom. The topological polar surface area (TPSA) is 76.0 Å². The highest BCUT2D eigenvalue weighted by molar-refractivity contribution is 7.09. The normalized spacial score (nSPS) is 10.7. The lowest BCUT2D eigenvalue weighted by Crippen LogP contribution is -2.25. The highest BCUT2D eigenvalue weighted by Gasteiger charge is 2.09. The Hall–Kier alpha value is -3.71. The van der Waals surface area contributed by atoms with Crippen LogP contribution < -0.4 is 10.6 Å². The van der Waals surface area contributed by atoms with E-state index in [0.29, 0.717) is 30.6 Å². The standard InChI is InChI=1S/C26H26N4O2S/c31-25(13-5-11-24-12-6-16-33-24)29-22-8-4-7-21(17-22)26(32)27-15-14-20-18-28-30(19-20)23-9-2-1-3-10-23/h1-4,6-10,12,16-19H,5,11,13-15H2,(H,27,32)(H,29,31). The van der Waals surface area contributed by atoms with Gasteiger partial charge >= 0.3 is 0 Å². The number of amides is 2. The summed E-state index contributed by atoms with van der Waals surface area (Å²) in [7, 11) is 0. The molecule has 0 bridgehead atoms. The first-order valence-electron chi connectivity index (χ1n) is 11.0. The van der Waals surface area contributed by atoms with E-state index in [1.54, 1.807) is 35.6 Å². The maximum atomic E-state index is 12.6. The molecule has 0 aliphatic carbocycles. The van der Waals surface area contributed by atoms with Gasteiger partial charge in [0.2, 0.25) is 5.91 Å². The van der Waals surface area contributed by atoms with E-state index in [4.69, 9.17) is 0 Å². The fourth-order valence-electron chi connectivity index (χ4n) is 3.47. The third kappa shape index (κ3) is 6.63. The Morgan fingerprint density at radius 1 is 0.970 bits per heavy atom. The summed E-state index contributed by atoms with van der Waals surface area (Å²) in [5.74, 6) is -0.209. The molecule has 2 aromatic carbocycles. The number of anilines is 1. The van der Waals surface area contributed by atoms with Gasteiger partial charge in [-0.25, -0.2) is 4.68 Å². The minimum absolute atomic E-state index is 0.0421. The fraction of sp³-hybridized carbons (Fsp3) is 0.192. The number of hydrogen-bond acceptors (Lipinski definition) is 4. The highest BCUT2D eigenvalue weighted by atomic mass is 32.1. The summed E-state index contributed by atoms with van der Waals surface area (Å²) in [4.78, 5) is 26.1. The van der Waals surface area contributed by atoms with E-state index in [2.05, 4.69) is 21.8 Å². The zero-order valence-electron chi connectivity index (χ0n) is 18.2. The molecule has 4 aromatic rings. The average Bonchev–Trinajstić information content (AvgIpc) is 3.52. The van der Waals surface area contributed by atoms with E-state index in [1.165, 1.54) is 4.88 Å². The van der Waals surface area contributed by atoms with Gasteiger partial charge in [0.05, 0.1) is 11.9 Å². The number of para-hydroxylation sites is 1. The van der Waals surface area contributed by atoms with Crippen LogP contribution in [0.4, 0.5) is 5.69 Å². The van der Waals surface area contributed by atoms with Gasteiger partial charge in [-0.15, -0.1) is 11.3 Å². The molecule has 168 valence electrons. The van der Waals surface area contributed by atoms with E-state index in [1.807, 2.05) is 58.9 Å². The Labute approximate surface area is 197 Å². The summed E-state index contributed by atoms with van der Waals surface area (Å²) in [6, 6.07) is 21.0. The summed E-state index contributed by atoms with van der Waals surface area (Å²) < 4.78 is 1.82. The number of nitrogens with zero attached hydrogens (tertiary/aromatic N) is 2. The zero-order chi connectivity index (χ0) is 22.9. The third-order valence-electron chi connectivity index (χ3n) is 5.17. The molecule has 0 unspecified atom stereocenters. The molecule has 2 N–H and O–H groups in total. The number of thiophene rings is 1. The molecule has 0 aliphatic heterocycles. The number of carbonyl (C=O) groups is 2. The van der Waals surface area contributed by atoms with Crippen LogP contribution >= 0.6 is 11.3 Å². The lowest BCUT2D eigenvalue weighted by molar-refractivity contribution is -0.116. The molecule has 0 aliphatic rings. The molecule has 0 saturated carbocycles. The minimum Gasteiger partial charge on any atom is -0.352 e. The number of carbonyl (C=O) groups excluding carboxylic acids is 2. The van der Waals surface area contributed by atoms with Gasteiger partial charge in [0.1, 0.15) is 0 Å². The highest BCUT2D eigenvalue weighted by Crippen LogP contribution is 2.14. The van der Waals surface area contributed by atoms with Crippen molar-refractivity contribution in [3.63, 3.8) is 0 Å². The first-order valence-corrected chi connectivity index (χ1v) is 11.8. The summed E-state index contributed by atoms with van der Waals surface area (Å²) in [6.07, 6.45) is 6.61. The van der Waals surface area contributed by atoms with Crippen molar-refractivity contribution in [3.8, 4) is 5.69 Å². The third-order valence-corrected chi connectivity index (χ3v) is 6.11. The Morgan fingerprint density at radius 3 is 2.67 bits per heavy atom. The lowest BCUT2D eigenvalue weighted by atomic mass is 10.1. The monoisotopic (exact) mass is 458 g/mol. The van der Waals surface area contributed by atoms with Crippen LogP contribution in [0.3, 0.4) is 0 Å². The van der Waals surface area contributed by atoms with E-state index in [9.17, 15) is 9.59 Å². The number of aryl methyl sites for hydroxylation is 1. The molecule has 0 radical (unpaired) electrons. The van der Waals surface area contributed by atoms with Crippen molar-refractivity contribution in [2.24, 2.45) is 0 Å². The smallest absolute Gasteiger partial charge is 0.251 e. The zero-order valence-corrected chi connectivity index (χ0v) is 19.1. The SMILES string of the molecule is O=C(CCCc1cccs1)Nc1cccc(C(=O)NCCc2cnn(-c3ccccc3)c2)c1. The lowest BCUT2D eigenvalue weighted by Gasteiger charge is -2.08. The predicted molar refractivity (Wildman–Crippen MR) is 132 cm³/mol. The molecule has 0 atom stereocenters. The van der Waals surface area contributed by atoms with E-state index in [0.717, 1.165) is 24.1 Å². The van der Waals surface area contributed by atoms with Gasteiger partial charge in [-0.3, -0.25) is 9.59 Å². The number of benzene rings is 2. The van der Waals surface area contributed by atoms with Crippen LogP contribution in [0.2, 0.25) is 0 Å². The van der Waals surface area contributed by atoms with Crippen LogP contribution in [-0.4, -0.2) is 28.1 Å². The van der Waals surface area contributed by atoms with Crippen LogP contribution in [-0.2, 0) is 17.6 Å². The maximum Gasteiger partial charge on any atom is 0.251 e. The van der Waals surface area contributed by atoms with Crippen molar-refractivity contribution in [1.82, 2.24) is 15.1 Å². The van der Waals surface area contributed by atoms with Crippen LogP contribution in [0.15, 0.2) is 84.5 Å². The largest absolute Gasteiger partial charge is 0.352 e. The molecule has 2 heterocycles. The average molecular weight is 459 g/mol. The van der Waals surface area contributed by atoms with Gasteiger partial charge in [0.25, 0.3) is 5.91 Å². The van der Waals surface area contributed by atoms with E-state index < -0.39 is 0 Å². The van der Waals surface area contributed by atoms with Crippen LogP contribution in [0.5, 0.6) is 0 Å². The molecule has 2 amide bonds. The molecule has 33 heavy (non-hydrogen) atoms. The second kappa shape index (κ2) is 11.2. The summed E-state index contributed by atoms with van der Waals surface area (Å²) in [5, 5.41) is 12.3. The quantitative estimate of drug-likeness (QED) is 0.356. The van der Waals surface area contributed by atoms with Gasteiger partial charge < -0.3 is 10.6 Å². The van der Waals surface area contributed by atoms with E-state index >= 15 is 0 Å². The summed E-state index contributed by atoms with van der Waals surface area (Å²) in [5.41, 5.74) is 3.19. The van der Waals surface area contributed by atoms with Gasteiger partial charge in [0.15, 0.2) is 0 Å². The Kier molecular flexibility index (Phi) is 7.66. The van der Waals surface area contributed by atoms with Crippen LogP contribution in [0.1, 0.15) is 33.6 Å². The van der Waals surface area contributed by atoms with Gasteiger partial charge in [-0.1, -0.05) is 30.3 Å². The van der Waals surface area contributed by atoms with Crippen LogP contribution in [0, 0.1) is 0 Å². The van der Waals surface area contributed by atoms with Crippen molar-refractivity contribution < 1.29 is 9.59 Å². The molecule has 2 aromatic heterocycles. The maximum absolute atomic E-state index is 12.6. The molecular formula is C26H26N4O2S. The minimum atomic E-state index is -0.167. The van der Waals surface area contributed by atoms with Crippen molar-refractivity contribution in [1.29, 1.82) is 0 Å². The molecule has 0 saturated heterocycles. The molecule has 6 nitrogen and oxygen atoms in total. The van der Waals surface area contributed by atoms with Crippen LogP contribution in [0.25, 0.3) is 5.69 Å². The number of rotatable bonds is 10. The molecule has 0 fully saturated rings. The molecule has 4 rings (SSSR count). The second-order valence-corrected chi connectivity index (χ2v) is 8.73. The molecular weight excluding hydrogens is 432 g/mol. The molecule has 0 spiro atoms. The van der Waals surface area contributed by atoms with Gasteiger partial charge in [0, 0.05) is 35.3 Å². The van der Waals surface area contributed by atoms with Crippen molar-refractivity contribution in [2.45, 2.75) is 25.7 Å². The summed E-state index contributed by atoms with van der Waals surface area (Å²) >= 11 is 1.71.